The molecule has 21 heavy (non-hydrogen) atoms. The van der Waals surface area contributed by atoms with E-state index in [0.29, 0.717) is 24.2 Å². The van der Waals surface area contributed by atoms with Crippen molar-refractivity contribution in [2.45, 2.75) is 13.3 Å². The highest BCUT2D eigenvalue weighted by molar-refractivity contribution is 7.08. The van der Waals surface area contributed by atoms with Gasteiger partial charge in [-0.15, -0.1) is 5.10 Å². The second kappa shape index (κ2) is 5.92. The van der Waals surface area contributed by atoms with Gasteiger partial charge < -0.3 is 10.4 Å². The van der Waals surface area contributed by atoms with Crippen molar-refractivity contribution in [3.8, 4) is 0 Å². The summed E-state index contributed by atoms with van der Waals surface area (Å²) >= 11 is 0.835. The van der Waals surface area contributed by atoms with Crippen molar-refractivity contribution >= 4 is 29.1 Å². The molecule has 0 saturated heterocycles. The predicted octanol–water partition coefficient (Wildman–Crippen LogP) is 2.33. The highest BCUT2D eigenvalue weighted by Crippen LogP contribution is 2.22. The molecule has 1 aromatic carbocycles. The lowest BCUT2D eigenvalue weighted by Gasteiger charge is -2.08. The van der Waals surface area contributed by atoms with E-state index in [-0.39, 0.29) is 10.6 Å². The van der Waals surface area contributed by atoms with Crippen LogP contribution in [0.1, 0.15) is 32.6 Å². The number of carboxylic acids is 1. The lowest BCUT2D eigenvalue weighted by atomic mass is 10.1. The summed E-state index contributed by atoms with van der Waals surface area (Å²) in [7, 11) is 0. The van der Waals surface area contributed by atoms with Gasteiger partial charge in [0, 0.05) is 6.07 Å². The Morgan fingerprint density at radius 2 is 2.00 bits per heavy atom. The molecule has 2 aromatic rings. The molecule has 1 aromatic heterocycles. The number of halogens is 2. The Kier molecular flexibility index (Phi) is 4.22. The zero-order valence-corrected chi connectivity index (χ0v) is 11.5. The van der Waals surface area contributed by atoms with Gasteiger partial charge in [0.1, 0.15) is 4.88 Å². The average Bonchev–Trinajstić information content (AvgIpc) is 2.90. The van der Waals surface area contributed by atoms with Gasteiger partial charge in [0.05, 0.1) is 16.9 Å². The Bertz CT molecular complexity index is 718. The molecule has 110 valence electrons. The fourth-order valence-corrected chi connectivity index (χ4v) is 2.26. The largest absolute Gasteiger partial charge is 0.478 e. The quantitative estimate of drug-likeness (QED) is 0.904. The van der Waals surface area contributed by atoms with E-state index in [9.17, 15) is 18.4 Å². The molecule has 2 rings (SSSR count). The van der Waals surface area contributed by atoms with Crippen LogP contribution in [0.15, 0.2) is 12.1 Å². The van der Waals surface area contributed by atoms with Crippen molar-refractivity contribution in [3.05, 3.63) is 39.9 Å². The summed E-state index contributed by atoms with van der Waals surface area (Å²) in [6.45, 7) is 1.77. The summed E-state index contributed by atoms with van der Waals surface area (Å²) in [5.41, 5.74) is -0.434. The summed E-state index contributed by atoms with van der Waals surface area (Å²) < 4.78 is 29.9. The molecule has 0 unspecified atom stereocenters. The maximum Gasteiger partial charge on any atom is 0.337 e. The van der Waals surface area contributed by atoms with Gasteiger partial charge in [0.2, 0.25) is 0 Å². The van der Waals surface area contributed by atoms with Gasteiger partial charge in [-0.1, -0.05) is 11.4 Å². The third kappa shape index (κ3) is 3.02. The summed E-state index contributed by atoms with van der Waals surface area (Å²) in [5.74, 6) is -4.72. The van der Waals surface area contributed by atoms with Gasteiger partial charge in [0.25, 0.3) is 5.91 Å². The van der Waals surface area contributed by atoms with Crippen LogP contribution in [0.4, 0.5) is 14.5 Å². The zero-order chi connectivity index (χ0) is 15.6. The van der Waals surface area contributed by atoms with Crippen LogP contribution in [-0.4, -0.2) is 26.6 Å². The fraction of sp³-hybridized carbons (Fsp3) is 0.167. The summed E-state index contributed by atoms with van der Waals surface area (Å²) in [6, 6.07) is 1.13. The Hall–Kier alpha value is -2.42. The second-order valence-corrected chi connectivity index (χ2v) is 4.73. The number of amides is 1. The first-order chi connectivity index (χ1) is 9.93. The van der Waals surface area contributed by atoms with E-state index in [0.717, 1.165) is 11.5 Å². The number of anilines is 1. The standard InChI is InChI=1S/C12H9F2N3O3S/c1-2-8-10(21-17-16-8)11(18)15-9-4-7(14)6(13)3-5(9)12(19)20/h3-4H,2H2,1H3,(H,15,18)(H,19,20). The van der Waals surface area contributed by atoms with Crippen LogP contribution in [0.2, 0.25) is 0 Å². The molecule has 1 amide bonds. The summed E-state index contributed by atoms with van der Waals surface area (Å²) in [5, 5.41) is 14.9. The number of rotatable bonds is 4. The summed E-state index contributed by atoms with van der Waals surface area (Å²) in [4.78, 5) is 23.2. The second-order valence-electron chi connectivity index (χ2n) is 3.97. The summed E-state index contributed by atoms with van der Waals surface area (Å²) in [6.07, 6.45) is 0.461. The van der Waals surface area contributed by atoms with E-state index in [2.05, 4.69) is 14.9 Å². The maximum atomic E-state index is 13.2. The molecule has 0 atom stereocenters. The maximum absolute atomic E-state index is 13.2. The van der Waals surface area contributed by atoms with E-state index >= 15 is 0 Å². The van der Waals surface area contributed by atoms with Gasteiger partial charge in [-0.05, 0) is 24.0 Å². The number of hydrogen-bond acceptors (Lipinski definition) is 5. The third-order valence-corrected chi connectivity index (χ3v) is 3.40. The normalized spacial score (nSPS) is 10.4. The third-order valence-electron chi connectivity index (χ3n) is 2.64. The highest BCUT2D eigenvalue weighted by Gasteiger charge is 2.20. The van der Waals surface area contributed by atoms with E-state index in [1.165, 1.54) is 0 Å². The topological polar surface area (TPSA) is 92.2 Å². The Balaban J connectivity index is 2.37. The molecule has 0 spiro atoms. The SMILES string of the molecule is CCc1nnsc1C(=O)Nc1cc(F)c(F)cc1C(=O)O. The number of hydrogen-bond donors (Lipinski definition) is 2. The van der Waals surface area contributed by atoms with Crippen molar-refractivity contribution in [1.82, 2.24) is 9.59 Å². The lowest BCUT2D eigenvalue weighted by Crippen LogP contribution is -2.16. The number of aromatic carboxylic acids is 1. The number of nitrogens with zero attached hydrogens (tertiary/aromatic N) is 2. The van der Waals surface area contributed by atoms with Crippen LogP contribution in [-0.2, 0) is 6.42 Å². The van der Waals surface area contributed by atoms with Crippen LogP contribution in [0.5, 0.6) is 0 Å². The van der Waals surface area contributed by atoms with Gasteiger partial charge in [-0.2, -0.15) is 0 Å². The molecule has 1 heterocycles. The minimum atomic E-state index is -1.48. The predicted molar refractivity (Wildman–Crippen MR) is 70.6 cm³/mol. The van der Waals surface area contributed by atoms with Gasteiger partial charge in [-0.25, -0.2) is 13.6 Å². The van der Waals surface area contributed by atoms with E-state index < -0.39 is 29.1 Å². The number of carboxylic acid groups (broad SMARTS) is 1. The molecule has 6 nitrogen and oxygen atoms in total. The molecule has 0 aliphatic rings. The van der Waals surface area contributed by atoms with Crippen molar-refractivity contribution in [1.29, 1.82) is 0 Å². The van der Waals surface area contributed by atoms with Crippen LogP contribution >= 0.6 is 11.5 Å². The number of carbonyl (C=O) groups is 2. The first kappa shape index (κ1) is 15.0. The average molecular weight is 313 g/mol. The number of carbonyl (C=O) groups excluding carboxylic acids is 1. The number of aryl methyl sites for hydroxylation is 1. The molecule has 0 fully saturated rings. The minimum Gasteiger partial charge on any atom is -0.478 e. The van der Waals surface area contributed by atoms with Crippen molar-refractivity contribution in [2.75, 3.05) is 5.32 Å². The highest BCUT2D eigenvalue weighted by atomic mass is 32.1. The van der Waals surface area contributed by atoms with Gasteiger partial charge in [-0.3, -0.25) is 4.79 Å². The van der Waals surface area contributed by atoms with E-state index in [1.54, 1.807) is 6.92 Å². The molecule has 0 saturated carbocycles. The molecule has 0 aliphatic carbocycles. The van der Waals surface area contributed by atoms with Crippen molar-refractivity contribution < 1.29 is 23.5 Å². The van der Waals surface area contributed by atoms with Crippen LogP contribution in [0.3, 0.4) is 0 Å². The minimum absolute atomic E-state index is 0.193. The van der Waals surface area contributed by atoms with E-state index in [1.807, 2.05) is 0 Å². The van der Waals surface area contributed by atoms with Crippen molar-refractivity contribution in [3.63, 3.8) is 0 Å². The lowest BCUT2D eigenvalue weighted by molar-refractivity contribution is 0.0697. The molecule has 0 bridgehead atoms. The smallest absolute Gasteiger partial charge is 0.337 e. The van der Waals surface area contributed by atoms with Gasteiger partial charge >= 0.3 is 5.97 Å². The monoisotopic (exact) mass is 313 g/mol. The van der Waals surface area contributed by atoms with Crippen LogP contribution < -0.4 is 5.32 Å². The van der Waals surface area contributed by atoms with Crippen molar-refractivity contribution in [2.24, 2.45) is 0 Å². The first-order valence-corrected chi connectivity index (χ1v) is 6.56. The van der Waals surface area contributed by atoms with Crippen LogP contribution in [0.25, 0.3) is 0 Å². The van der Waals surface area contributed by atoms with Crippen LogP contribution in [0, 0.1) is 11.6 Å². The molecule has 0 aliphatic heterocycles. The molecule has 0 radical (unpaired) electrons. The number of nitrogens with one attached hydrogen (secondary N) is 1. The fourth-order valence-electron chi connectivity index (χ4n) is 1.62. The zero-order valence-electron chi connectivity index (χ0n) is 10.7. The number of benzene rings is 1. The molecule has 9 heteroatoms. The molecule has 2 N–H and O–H groups in total. The Morgan fingerprint density at radius 1 is 1.33 bits per heavy atom. The van der Waals surface area contributed by atoms with E-state index in [4.69, 9.17) is 5.11 Å². The molecular formula is C12H9F2N3O3S. The van der Waals surface area contributed by atoms with Gasteiger partial charge in [0.15, 0.2) is 11.6 Å². The Labute approximate surface area is 121 Å². The number of aromatic nitrogens is 2. The molecular weight excluding hydrogens is 304 g/mol. The first-order valence-electron chi connectivity index (χ1n) is 5.79. The Morgan fingerprint density at radius 3 is 2.62 bits per heavy atom.